The van der Waals surface area contributed by atoms with Crippen LogP contribution in [0.2, 0.25) is 0 Å². The van der Waals surface area contributed by atoms with Crippen LogP contribution in [0, 0.1) is 0 Å². The van der Waals surface area contributed by atoms with Crippen LogP contribution < -0.4 is 40.2 Å². The number of hydrogen-bond acceptors (Lipinski definition) is 10. The van der Waals surface area contributed by atoms with Gasteiger partial charge in [0.2, 0.25) is 0 Å². The van der Waals surface area contributed by atoms with E-state index in [0.29, 0.717) is 0 Å². The van der Waals surface area contributed by atoms with Gasteiger partial charge in [-0.15, -0.1) is 0 Å². The van der Waals surface area contributed by atoms with Gasteiger partial charge in [0.25, 0.3) is 0 Å². The summed E-state index contributed by atoms with van der Waals surface area (Å²) < 4.78 is 140. The third kappa shape index (κ3) is 23.9. The smallest absolute Gasteiger partial charge is 0.0622 e. The molecule has 0 aliphatic carbocycles. The van der Waals surface area contributed by atoms with Crippen molar-refractivity contribution in [3.05, 3.63) is 254 Å². The van der Waals surface area contributed by atoms with Gasteiger partial charge in [0.15, 0.2) is 0 Å². The van der Waals surface area contributed by atoms with Gasteiger partial charge in [0.05, 0.1) is 12.3 Å². The summed E-state index contributed by atoms with van der Waals surface area (Å²) in [4.78, 5) is 0. The molecule has 2 N–H and O–H groups in total. The molecule has 0 spiro atoms. The summed E-state index contributed by atoms with van der Waals surface area (Å²) in [7, 11) is -3.55. The molecule has 22 heteroatoms. The van der Waals surface area contributed by atoms with Crippen molar-refractivity contribution in [1.82, 2.24) is 0 Å². The van der Waals surface area contributed by atoms with Crippen molar-refractivity contribution in [2.75, 3.05) is 0 Å². The number of halogens is 4. The van der Waals surface area contributed by atoms with Crippen LogP contribution in [0.4, 0.5) is 14.2 Å². The second kappa shape index (κ2) is 29.4. The minimum absolute atomic E-state index is 1.03. The summed E-state index contributed by atoms with van der Waals surface area (Å²) >= 11 is -23.0. The molecule has 72 heavy (non-hydrogen) atoms. The Morgan fingerprint density at radius 3 is 0.528 bits per heavy atom. The first-order chi connectivity index (χ1) is 33.8. The third-order valence-corrected chi connectivity index (χ3v) is 18.5. The molecule has 0 amide bonds. The Morgan fingerprint density at radius 1 is 0.292 bits per heavy atom. The van der Waals surface area contributed by atoms with Crippen LogP contribution in [0.15, 0.2) is 243 Å². The molecule has 0 radical (unpaired) electrons. The van der Waals surface area contributed by atoms with E-state index < -0.39 is 68.5 Å². The van der Waals surface area contributed by atoms with Crippen molar-refractivity contribution < 1.29 is 116 Å². The van der Waals surface area contributed by atoms with Gasteiger partial charge in [0.1, 0.15) is 46.4 Å². The normalized spacial score (nSPS) is 11.3. The largest absolute Gasteiger partial charge is 0.116 e. The van der Waals surface area contributed by atoms with Crippen LogP contribution in [0.1, 0.15) is 11.1 Å². The topological polar surface area (TPSA) is 223 Å². The van der Waals surface area contributed by atoms with E-state index in [4.69, 9.17) is 47.4 Å². The fraction of sp³-hybridized carbons (Fsp3) is 0.0400. The van der Waals surface area contributed by atoms with Crippen LogP contribution in [0.3, 0.4) is 0 Å². The average molecular weight is 1200 g/mol. The molecule has 0 unspecified atom stereocenters. The van der Waals surface area contributed by atoms with Gasteiger partial charge in [-0.05, 0) is 83.9 Å². The maximum absolute atomic E-state index is 10.3. The Balaban J connectivity index is 0.000000277. The minimum Gasteiger partial charge on any atom is -0.0622 e. The zero-order valence-corrected chi connectivity index (χ0v) is 43.9. The van der Waals surface area contributed by atoms with Crippen molar-refractivity contribution in [2.45, 2.75) is 12.3 Å². The van der Waals surface area contributed by atoms with E-state index in [1.54, 1.807) is 0 Å². The van der Waals surface area contributed by atoms with Gasteiger partial charge in [-0.3, -0.25) is 0 Å². The Morgan fingerprint density at radius 2 is 0.403 bits per heavy atom. The van der Waals surface area contributed by atoms with Gasteiger partial charge in [-0.25, -0.2) is 0 Å². The first-order valence-electron chi connectivity index (χ1n) is 20.4. The molecule has 8 aromatic carbocycles. The van der Waals surface area contributed by atoms with Crippen LogP contribution in [0.5, 0.6) is 0 Å². The number of hydrogen-bond donors (Lipinski definition) is 2. The molecule has 0 bridgehead atoms. The maximum Gasteiger partial charge on any atom is 0.116 e. The summed E-state index contributed by atoms with van der Waals surface area (Å²) in [5.41, 5.74) is 2.77. The van der Waals surface area contributed by atoms with Crippen LogP contribution in [-0.4, -0.2) is 8.38 Å². The van der Waals surface area contributed by atoms with Gasteiger partial charge in [-0.2, -0.15) is 0 Å². The minimum atomic E-state index is -5.88. The summed E-state index contributed by atoms with van der Waals surface area (Å²) in [6.45, 7) is 0. The summed E-state index contributed by atoms with van der Waals surface area (Å²) in [6, 6.07) is 88.1. The SMILES string of the molecule is [O]=[Mn](=[O])([O-])[F].[O]=[Mn](=[O])([O-])[F].[O]=[Mn](=[O])([OH])[F].[O]=[Mn](=[O])([OH])[F].c1ccc(C[P+](c2ccccc2)(c2ccccc2)c2ccccc2)cc1.c1ccc(C[P+](c2ccccc2)(c2ccccc2)c2ccccc2)cc1. The van der Waals surface area contributed by atoms with E-state index in [9.17, 15) is 14.2 Å². The number of rotatable bonds is 10. The molecule has 384 valence electrons. The molecule has 8 aromatic rings. The van der Waals surface area contributed by atoms with E-state index in [1.807, 2.05) is 0 Å². The van der Waals surface area contributed by atoms with E-state index in [1.165, 1.54) is 43.0 Å². The molecular formula is C50H46F4Mn4O12P2. The predicted molar refractivity (Wildman–Crippen MR) is 245 cm³/mol. The van der Waals surface area contributed by atoms with E-state index in [2.05, 4.69) is 243 Å². The summed E-state index contributed by atoms with van der Waals surface area (Å²) in [5, 5.41) is 8.59. The van der Waals surface area contributed by atoms with Crippen molar-refractivity contribution >= 4 is 46.4 Å². The zero-order valence-electron chi connectivity index (χ0n) is 37.4. The van der Waals surface area contributed by atoms with Crippen molar-refractivity contribution in [3.8, 4) is 0 Å². The second-order valence-corrected chi connectivity index (χ2v) is 26.0. The molecule has 12 nitrogen and oxygen atoms in total. The van der Waals surface area contributed by atoms with Crippen molar-refractivity contribution in [2.24, 2.45) is 0 Å². The van der Waals surface area contributed by atoms with Crippen molar-refractivity contribution in [3.63, 3.8) is 0 Å². The summed E-state index contributed by atoms with van der Waals surface area (Å²) in [5.74, 6) is 0. The van der Waals surface area contributed by atoms with Gasteiger partial charge in [-0.1, -0.05) is 170 Å². The second-order valence-electron chi connectivity index (χ2n) is 14.4. The molecule has 0 aromatic heterocycles. The predicted octanol–water partition coefficient (Wildman–Crippen LogP) is 7.59. The first-order valence-corrected chi connectivity index (χ1v) is 32.0. The van der Waals surface area contributed by atoms with E-state index >= 15 is 0 Å². The molecule has 0 saturated heterocycles. The van der Waals surface area contributed by atoms with Crippen LogP contribution in [0.25, 0.3) is 0 Å². The standard InChI is InChI=1S/2C25H22P.4FH.4Mn.2H2O.10O/c2*1-5-13-22(14-6-1)21-26(23-15-7-2-8-16-23,24-17-9-3-10-18-24)25-19-11-4-12-20-25;;;;;;;;;;;;;;;;;;;;/h2*1-20H,21H2;4*1H;;;;;2*1H2;;;;;;;;;;/q2*+1;;;;;2*+1;2*+2;;;;;;;;;;;2*-1/p-6. The van der Waals surface area contributed by atoms with E-state index in [0.717, 1.165) is 12.3 Å². The fourth-order valence-corrected chi connectivity index (χ4v) is 15.7. The van der Waals surface area contributed by atoms with E-state index in [-0.39, 0.29) is 0 Å². The van der Waals surface area contributed by atoms with Gasteiger partial charge < -0.3 is 0 Å². The quantitative estimate of drug-likeness (QED) is 0.0768. The van der Waals surface area contributed by atoms with Crippen LogP contribution >= 0.6 is 14.5 Å². The van der Waals surface area contributed by atoms with Gasteiger partial charge in [0, 0.05) is 0 Å². The summed E-state index contributed by atoms with van der Waals surface area (Å²) in [6.07, 6.45) is 2.07. The molecule has 8 rings (SSSR count). The Hall–Kier alpha value is -5.34. The maximum atomic E-state index is 10.3. The number of benzene rings is 8. The Bertz CT molecular complexity index is 2750. The average Bonchev–Trinajstić information content (AvgIpc) is 3.33. The molecule has 0 aliphatic rings. The molecule has 0 saturated carbocycles. The third-order valence-electron chi connectivity index (χ3n) is 9.71. The zero-order chi connectivity index (χ0) is 53.3. The Kier molecular flexibility index (Phi) is 24.9. The monoisotopic (exact) mass is 1200 g/mol. The molecule has 0 heterocycles. The Labute approximate surface area is 425 Å². The van der Waals surface area contributed by atoms with Crippen LogP contribution in [-0.2, 0) is 97.0 Å². The first kappa shape index (κ1) is 61.0. The van der Waals surface area contributed by atoms with Gasteiger partial charge >= 0.3 is 116 Å². The fourth-order valence-electron chi connectivity index (χ4n) is 7.25. The van der Waals surface area contributed by atoms with Crippen molar-refractivity contribution in [1.29, 1.82) is 0 Å². The molecule has 0 aliphatic heterocycles. The molecular weight excluding hydrogens is 1150 g/mol. The molecule has 0 fully saturated rings. The molecule has 0 atom stereocenters.